The SMILES string of the molecule is O=C(O)COCCOCC(=O)NC[C@H]1OC[C@H](Nc2cncc(C(F)(F)F)n2)[C@@H](O)[C@H]1O. The van der Waals surface area contributed by atoms with Crippen molar-refractivity contribution in [1.29, 1.82) is 0 Å². The zero-order chi connectivity index (χ0) is 23.7. The number of carboxylic acids is 1. The van der Waals surface area contributed by atoms with Gasteiger partial charge in [-0.15, -0.1) is 0 Å². The number of hydrogen-bond donors (Lipinski definition) is 5. The summed E-state index contributed by atoms with van der Waals surface area (Å²) >= 11 is 0. The molecular weight excluding hydrogens is 445 g/mol. The molecule has 1 aliphatic heterocycles. The predicted octanol–water partition coefficient (Wildman–Crippen LogP) is -1.37. The molecule has 12 nitrogen and oxygen atoms in total. The Hall–Kier alpha value is -2.59. The number of alkyl halides is 3. The molecule has 0 spiro atoms. The van der Waals surface area contributed by atoms with Crippen molar-refractivity contribution < 1.29 is 52.3 Å². The Bertz CT molecular complexity index is 770. The molecule has 180 valence electrons. The number of hydrogen-bond acceptors (Lipinski definition) is 10. The van der Waals surface area contributed by atoms with Gasteiger partial charge in [0, 0.05) is 6.54 Å². The van der Waals surface area contributed by atoms with Crippen LogP contribution in [0.2, 0.25) is 0 Å². The van der Waals surface area contributed by atoms with E-state index in [2.05, 4.69) is 20.6 Å². The van der Waals surface area contributed by atoms with Crippen LogP contribution in [0.1, 0.15) is 5.69 Å². The topological polar surface area (TPSA) is 172 Å². The third-order valence-electron chi connectivity index (χ3n) is 4.22. The number of ether oxygens (including phenoxy) is 3. The Kier molecular flexibility index (Phi) is 9.52. The normalized spacial score (nSPS) is 23.5. The highest BCUT2D eigenvalue weighted by Gasteiger charge is 2.39. The largest absolute Gasteiger partial charge is 0.480 e. The van der Waals surface area contributed by atoms with Crippen molar-refractivity contribution >= 4 is 17.7 Å². The number of aromatic nitrogens is 2. The summed E-state index contributed by atoms with van der Waals surface area (Å²) in [4.78, 5) is 28.8. The highest BCUT2D eigenvalue weighted by Crippen LogP contribution is 2.28. The van der Waals surface area contributed by atoms with Crippen molar-refractivity contribution in [2.45, 2.75) is 30.5 Å². The van der Waals surface area contributed by atoms with E-state index in [0.29, 0.717) is 6.20 Å². The molecule has 0 saturated carbocycles. The molecule has 0 aromatic carbocycles. The molecule has 1 aromatic rings. The smallest absolute Gasteiger partial charge is 0.434 e. The van der Waals surface area contributed by atoms with Crippen LogP contribution in [0, 0.1) is 0 Å². The van der Waals surface area contributed by atoms with Crippen molar-refractivity contribution in [1.82, 2.24) is 15.3 Å². The zero-order valence-electron chi connectivity index (χ0n) is 16.6. The van der Waals surface area contributed by atoms with Gasteiger partial charge in [-0.05, 0) is 0 Å². The monoisotopic (exact) mass is 468 g/mol. The van der Waals surface area contributed by atoms with Crippen LogP contribution < -0.4 is 10.6 Å². The molecule has 32 heavy (non-hydrogen) atoms. The lowest BCUT2D eigenvalue weighted by Crippen LogP contribution is -2.58. The van der Waals surface area contributed by atoms with Gasteiger partial charge in [0.15, 0.2) is 5.69 Å². The predicted molar refractivity (Wildman–Crippen MR) is 98.5 cm³/mol. The molecule has 1 amide bonds. The lowest BCUT2D eigenvalue weighted by molar-refractivity contribution is -0.145. The number of carbonyl (C=O) groups excluding carboxylic acids is 1. The summed E-state index contributed by atoms with van der Waals surface area (Å²) in [5.74, 6) is -1.93. The van der Waals surface area contributed by atoms with Crippen molar-refractivity contribution in [2.24, 2.45) is 0 Å². The first-order valence-corrected chi connectivity index (χ1v) is 9.35. The van der Waals surface area contributed by atoms with Crippen LogP contribution in [-0.4, -0.2) is 101 Å². The summed E-state index contributed by atoms with van der Waals surface area (Å²) in [5, 5.41) is 33.9. The van der Waals surface area contributed by atoms with Crippen molar-refractivity contribution in [3.05, 3.63) is 18.1 Å². The second kappa shape index (κ2) is 11.9. The Labute approximate surface area is 179 Å². The van der Waals surface area contributed by atoms with E-state index in [-0.39, 0.29) is 38.8 Å². The van der Waals surface area contributed by atoms with Gasteiger partial charge in [0.1, 0.15) is 37.3 Å². The van der Waals surface area contributed by atoms with Gasteiger partial charge in [0.25, 0.3) is 0 Å². The van der Waals surface area contributed by atoms with E-state index in [1.807, 2.05) is 0 Å². The van der Waals surface area contributed by atoms with Gasteiger partial charge in [0.05, 0.1) is 38.3 Å². The van der Waals surface area contributed by atoms with E-state index in [1.54, 1.807) is 0 Å². The summed E-state index contributed by atoms with van der Waals surface area (Å²) in [5.41, 5.74) is -1.22. The standard InChI is InChI=1S/C17H23F3N4O8/c18-17(19,20)11-4-21-5-12(24-11)23-9-6-32-10(16(29)15(9)28)3-22-13(25)7-30-1-2-31-8-14(26)27/h4-5,9-10,15-16,28-29H,1-3,6-8H2,(H,22,25)(H,23,24)(H,26,27)/t9-,10+,15+,16-/m0/s1. The van der Waals surface area contributed by atoms with Crippen LogP contribution in [0.3, 0.4) is 0 Å². The lowest BCUT2D eigenvalue weighted by Gasteiger charge is -2.38. The Balaban J connectivity index is 1.74. The molecule has 0 aliphatic carbocycles. The highest BCUT2D eigenvalue weighted by molar-refractivity contribution is 5.77. The maximum atomic E-state index is 12.7. The molecule has 1 aromatic heterocycles. The van der Waals surface area contributed by atoms with Crippen LogP contribution in [0.25, 0.3) is 0 Å². The van der Waals surface area contributed by atoms with Gasteiger partial charge < -0.3 is 40.2 Å². The Morgan fingerprint density at radius 3 is 2.50 bits per heavy atom. The molecule has 1 fully saturated rings. The first-order valence-electron chi connectivity index (χ1n) is 9.35. The average molecular weight is 468 g/mol. The van der Waals surface area contributed by atoms with Gasteiger partial charge in [-0.3, -0.25) is 9.78 Å². The van der Waals surface area contributed by atoms with Crippen LogP contribution >= 0.6 is 0 Å². The molecule has 5 N–H and O–H groups in total. The number of nitrogens with one attached hydrogen (secondary N) is 2. The Morgan fingerprint density at radius 1 is 1.16 bits per heavy atom. The minimum Gasteiger partial charge on any atom is -0.480 e. The van der Waals surface area contributed by atoms with Gasteiger partial charge in [-0.25, -0.2) is 9.78 Å². The second-order valence-electron chi connectivity index (χ2n) is 6.69. The molecule has 15 heteroatoms. The van der Waals surface area contributed by atoms with E-state index in [1.165, 1.54) is 0 Å². The number of aliphatic hydroxyl groups excluding tert-OH is 2. The number of nitrogens with zero attached hydrogens (tertiary/aromatic N) is 2. The minimum absolute atomic E-state index is 0.00620. The van der Waals surface area contributed by atoms with E-state index < -0.39 is 54.7 Å². The van der Waals surface area contributed by atoms with Crippen LogP contribution in [0.5, 0.6) is 0 Å². The Morgan fingerprint density at radius 2 is 1.84 bits per heavy atom. The van der Waals surface area contributed by atoms with Gasteiger partial charge in [0.2, 0.25) is 5.91 Å². The lowest BCUT2D eigenvalue weighted by atomic mass is 9.98. The van der Waals surface area contributed by atoms with Gasteiger partial charge in [-0.2, -0.15) is 13.2 Å². The third kappa shape index (κ3) is 8.16. The van der Waals surface area contributed by atoms with Crippen LogP contribution in [0.4, 0.5) is 19.0 Å². The molecule has 2 rings (SSSR count). The number of aliphatic carboxylic acids is 1. The van der Waals surface area contributed by atoms with Gasteiger partial charge in [-0.1, -0.05) is 0 Å². The van der Waals surface area contributed by atoms with E-state index in [9.17, 15) is 33.0 Å². The summed E-state index contributed by atoms with van der Waals surface area (Å²) in [7, 11) is 0. The summed E-state index contributed by atoms with van der Waals surface area (Å²) < 4.78 is 53.3. The highest BCUT2D eigenvalue weighted by atomic mass is 19.4. The van der Waals surface area contributed by atoms with E-state index >= 15 is 0 Å². The fourth-order valence-electron chi connectivity index (χ4n) is 2.66. The number of halogens is 3. The van der Waals surface area contributed by atoms with Crippen LogP contribution in [-0.2, 0) is 30.0 Å². The van der Waals surface area contributed by atoms with Crippen molar-refractivity contribution in [3.8, 4) is 0 Å². The maximum Gasteiger partial charge on any atom is 0.434 e. The second-order valence-corrected chi connectivity index (χ2v) is 6.69. The summed E-state index contributed by atoms with van der Waals surface area (Å²) in [6.45, 7) is -1.19. The molecule has 2 heterocycles. The summed E-state index contributed by atoms with van der Waals surface area (Å²) in [6.07, 6.45) is -6.95. The molecule has 0 unspecified atom stereocenters. The fourth-order valence-corrected chi connectivity index (χ4v) is 2.66. The third-order valence-corrected chi connectivity index (χ3v) is 4.22. The maximum absolute atomic E-state index is 12.7. The number of aliphatic hydroxyl groups is 2. The zero-order valence-corrected chi connectivity index (χ0v) is 16.6. The average Bonchev–Trinajstić information content (AvgIpc) is 2.73. The first-order chi connectivity index (χ1) is 15.1. The fraction of sp³-hybridized carbons (Fsp3) is 0.647. The number of anilines is 1. The van der Waals surface area contributed by atoms with Crippen molar-refractivity contribution in [3.63, 3.8) is 0 Å². The van der Waals surface area contributed by atoms with E-state index in [0.717, 1.165) is 6.20 Å². The molecular formula is C17H23F3N4O8. The number of amides is 1. The molecule has 1 aliphatic rings. The molecule has 0 radical (unpaired) electrons. The van der Waals surface area contributed by atoms with Gasteiger partial charge >= 0.3 is 12.1 Å². The summed E-state index contributed by atoms with van der Waals surface area (Å²) in [6, 6.07) is -0.969. The first kappa shape index (κ1) is 25.7. The van der Waals surface area contributed by atoms with Crippen molar-refractivity contribution in [2.75, 3.05) is 44.9 Å². The van der Waals surface area contributed by atoms with Crippen LogP contribution in [0.15, 0.2) is 12.4 Å². The number of carbonyl (C=O) groups is 2. The van der Waals surface area contributed by atoms with E-state index in [4.69, 9.17) is 19.3 Å². The minimum atomic E-state index is -4.69. The number of carboxylic acid groups (broad SMARTS) is 1. The molecule has 1 saturated heterocycles. The number of rotatable bonds is 11. The molecule has 4 atom stereocenters. The quantitative estimate of drug-likeness (QED) is 0.243. The molecule has 0 bridgehead atoms.